The van der Waals surface area contributed by atoms with E-state index in [0.717, 1.165) is 0 Å². The molecule has 9 heteroatoms. The molecule has 0 fully saturated rings. The largest absolute Gasteiger partial charge is 0.455 e. The number of hydrogen-bond acceptors (Lipinski definition) is 7. The summed E-state index contributed by atoms with van der Waals surface area (Å²) >= 11 is 0. The molecule has 3 aromatic rings. The second kappa shape index (κ2) is 10.6. The van der Waals surface area contributed by atoms with Crippen LogP contribution in [0.15, 0.2) is 54.6 Å². The first-order valence-electron chi connectivity index (χ1n) is 10.4. The highest BCUT2D eigenvalue weighted by atomic mass is 16.6. The zero-order chi connectivity index (χ0) is 25.5. The molecule has 0 aliphatic heterocycles. The highest BCUT2D eigenvalue weighted by molar-refractivity contribution is 5.91. The number of aryl methyl sites for hydroxylation is 2. The second-order valence-electron chi connectivity index (χ2n) is 7.67. The van der Waals surface area contributed by atoms with E-state index in [0.29, 0.717) is 45.1 Å². The van der Waals surface area contributed by atoms with Crippen LogP contribution in [0.5, 0.6) is 11.5 Å². The number of hydrogen-bond donors (Lipinski definition) is 2. The van der Waals surface area contributed by atoms with Crippen LogP contribution in [0.25, 0.3) is 6.08 Å². The first kappa shape index (κ1) is 24.5. The number of benzene rings is 3. The first-order valence-corrected chi connectivity index (χ1v) is 10.4. The number of anilines is 3. The maximum atomic E-state index is 11.8. The van der Waals surface area contributed by atoms with Gasteiger partial charge >= 0.3 is 0 Å². The van der Waals surface area contributed by atoms with E-state index in [1.807, 2.05) is 12.1 Å². The van der Waals surface area contributed by atoms with Crippen molar-refractivity contribution in [1.29, 1.82) is 10.5 Å². The van der Waals surface area contributed by atoms with Gasteiger partial charge in [0.25, 0.3) is 5.69 Å². The molecule has 3 aromatic carbocycles. The average Bonchev–Trinajstić information content (AvgIpc) is 2.81. The SMILES string of the molecule is CC(=O)Nc1cc(/C=C/C#N)cc(C)c1Oc1cc(Nc2ccc(C#N)cc2)c([N+](=O)[O-])cc1C. The van der Waals surface area contributed by atoms with Crippen LogP contribution in [0.3, 0.4) is 0 Å². The van der Waals surface area contributed by atoms with Crippen molar-refractivity contribution in [3.05, 3.63) is 87.0 Å². The fraction of sp³-hybridized carbons (Fsp3) is 0.115. The molecule has 0 aromatic heterocycles. The molecule has 0 aliphatic carbocycles. The van der Waals surface area contributed by atoms with E-state index in [-0.39, 0.29) is 17.3 Å². The summed E-state index contributed by atoms with van der Waals surface area (Å²) in [6.45, 7) is 4.85. The molecular weight excluding hydrogens is 446 g/mol. The second-order valence-corrected chi connectivity index (χ2v) is 7.67. The number of rotatable bonds is 7. The maximum Gasteiger partial charge on any atom is 0.293 e. The molecule has 174 valence electrons. The van der Waals surface area contributed by atoms with Gasteiger partial charge in [0.1, 0.15) is 11.4 Å². The van der Waals surface area contributed by atoms with Crippen molar-refractivity contribution in [2.75, 3.05) is 10.6 Å². The van der Waals surface area contributed by atoms with Crippen LogP contribution >= 0.6 is 0 Å². The molecule has 0 aliphatic rings. The van der Waals surface area contributed by atoms with Gasteiger partial charge in [-0.1, -0.05) is 0 Å². The van der Waals surface area contributed by atoms with Gasteiger partial charge in [0.2, 0.25) is 5.91 Å². The summed E-state index contributed by atoms with van der Waals surface area (Å²) in [7, 11) is 0. The lowest BCUT2D eigenvalue weighted by Gasteiger charge is -2.18. The Hall–Kier alpha value is -5.15. The summed E-state index contributed by atoms with van der Waals surface area (Å²) < 4.78 is 6.17. The number of carbonyl (C=O) groups is 1. The van der Waals surface area contributed by atoms with Crippen LogP contribution in [-0.4, -0.2) is 10.8 Å². The van der Waals surface area contributed by atoms with Crippen LogP contribution in [0.1, 0.15) is 29.2 Å². The number of nitro groups is 1. The molecule has 3 rings (SSSR count). The van der Waals surface area contributed by atoms with Crippen molar-refractivity contribution in [1.82, 2.24) is 0 Å². The lowest BCUT2D eigenvalue weighted by atomic mass is 10.1. The fourth-order valence-corrected chi connectivity index (χ4v) is 3.38. The minimum atomic E-state index is -0.493. The predicted molar refractivity (Wildman–Crippen MR) is 132 cm³/mol. The summed E-state index contributed by atoms with van der Waals surface area (Å²) in [6, 6.07) is 16.8. The summed E-state index contributed by atoms with van der Waals surface area (Å²) in [5.41, 5.74) is 3.38. The van der Waals surface area contributed by atoms with Crippen molar-refractivity contribution in [3.63, 3.8) is 0 Å². The summed E-state index contributed by atoms with van der Waals surface area (Å²) in [6.07, 6.45) is 2.94. The minimum Gasteiger partial charge on any atom is -0.455 e. The van der Waals surface area contributed by atoms with E-state index in [1.165, 1.54) is 25.1 Å². The number of nitriles is 2. The molecule has 0 saturated carbocycles. The third-order valence-electron chi connectivity index (χ3n) is 4.95. The Morgan fingerprint density at radius 2 is 1.77 bits per heavy atom. The zero-order valence-corrected chi connectivity index (χ0v) is 19.2. The minimum absolute atomic E-state index is 0.144. The number of allylic oxidation sites excluding steroid dienone is 1. The predicted octanol–water partition coefficient (Wildman–Crippen LogP) is 6.11. The van der Waals surface area contributed by atoms with Crippen molar-refractivity contribution in [2.45, 2.75) is 20.8 Å². The Morgan fingerprint density at radius 1 is 1.06 bits per heavy atom. The van der Waals surface area contributed by atoms with Gasteiger partial charge in [0.05, 0.1) is 28.3 Å². The van der Waals surface area contributed by atoms with Crippen LogP contribution in [-0.2, 0) is 4.79 Å². The number of nitro benzene ring substituents is 1. The number of amides is 1. The van der Waals surface area contributed by atoms with E-state index in [1.54, 1.807) is 56.3 Å². The standard InChI is InChI=1S/C26H21N5O4/c1-16-12-24(31(33)34)22(30-21-8-6-19(15-28)7-9-21)14-25(16)35-26-17(2)11-20(5-4-10-27)13-23(26)29-18(3)32/h4-9,11-14,30H,1-3H3,(H,29,32)/b5-4+. The first-order chi connectivity index (χ1) is 16.7. The van der Waals surface area contributed by atoms with E-state index >= 15 is 0 Å². The summed E-state index contributed by atoms with van der Waals surface area (Å²) in [5.74, 6) is 0.414. The molecule has 0 spiro atoms. The number of nitrogens with one attached hydrogen (secondary N) is 2. The average molecular weight is 467 g/mol. The third-order valence-corrected chi connectivity index (χ3v) is 4.95. The van der Waals surface area contributed by atoms with Gasteiger partial charge in [-0.05, 0) is 73.0 Å². The Labute approximate surface area is 202 Å². The lowest BCUT2D eigenvalue weighted by Crippen LogP contribution is -2.08. The van der Waals surface area contributed by atoms with Gasteiger partial charge in [0.15, 0.2) is 5.75 Å². The molecule has 0 radical (unpaired) electrons. The van der Waals surface area contributed by atoms with Gasteiger partial charge in [-0.2, -0.15) is 10.5 Å². The van der Waals surface area contributed by atoms with Crippen LogP contribution < -0.4 is 15.4 Å². The molecule has 0 unspecified atom stereocenters. The van der Waals surface area contributed by atoms with Crippen LogP contribution in [0, 0.1) is 46.6 Å². The molecule has 9 nitrogen and oxygen atoms in total. The zero-order valence-electron chi connectivity index (χ0n) is 19.2. The van der Waals surface area contributed by atoms with E-state index in [2.05, 4.69) is 10.6 Å². The smallest absolute Gasteiger partial charge is 0.293 e. The van der Waals surface area contributed by atoms with Gasteiger partial charge in [-0.3, -0.25) is 14.9 Å². The van der Waals surface area contributed by atoms with Gasteiger partial charge < -0.3 is 15.4 Å². The Kier molecular flexibility index (Phi) is 7.45. The monoisotopic (exact) mass is 467 g/mol. The Balaban J connectivity index is 2.06. The summed E-state index contributed by atoms with van der Waals surface area (Å²) in [5, 5.41) is 35.2. The van der Waals surface area contributed by atoms with E-state index < -0.39 is 4.92 Å². The van der Waals surface area contributed by atoms with Crippen molar-refractivity contribution < 1.29 is 14.5 Å². The van der Waals surface area contributed by atoms with Crippen molar-refractivity contribution >= 4 is 34.7 Å². The Morgan fingerprint density at radius 3 is 2.37 bits per heavy atom. The topological polar surface area (TPSA) is 141 Å². The maximum absolute atomic E-state index is 11.8. The molecular formula is C26H21N5O4. The number of carbonyl (C=O) groups excluding carboxylic acids is 1. The van der Waals surface area contributed by atoms with Crippen molar-refractivity contribution in [3.8, 4) is 23.6 Å². The normalized spacial score (nSPS) is 10.3. The summed E-state index contributed by atoms with van der Waals surface area (Å²) in [4.78, 5) is 23.0. The quantitative estimate of drug-likeness (QED) is 0.242. The van der Waals surface area contributed by atoms with Crippen LogP contribution in [0.4, 0.5) is 22.7 Å². The molecule has 35 heavy (non-hydrogen) atoms. The number of nitrogens with zero attached hydrogens (tertiary/aromatic N) is 3. The number of ether oxygens (including phenoxy) is 1. The van der Waals surface area contributed by atoms with Gasteiger partial charge in [-0.25, -0.2) is 0 Å². The fourth-order valence-electron chi connectivity index (χ4n) is 3.38. The van der Waals surface area contributed by atoms with Crippen molar-refractivity contribution in [2.24, 2.45) is 0 Å². The van der Waals surface area contributed by atoms with Crippen LogP contribution in [0.2, 0.25) is 0 Å². The Bertz CT molecular complexity index is 1410. The van der Waals surface area contributed by atoms with E-state index in [9.17, 15) is 14.9 Å². The molecule has 0 atom stereocenters. The third kappa shape index (κ3) is 6.01. The molecule has 1 amide bonds. The highest BCUT2D eigenvalue weighted by Gasteiger charge is 2.20. The molecule has 0 heterocycles. The highest BCUT2D eigenvalue weighted by Crippen LogP contribution is 2.40. The van der Waals surface area contributed by atoms with Gasteiger partial charge in [0, 0.05) is 30.8 Å². The lowest BCUT2D eigenvalue weighted by molar-refractivity contribution is -0.384. The molecule has 0 bridgehead atoms. The van der Waals surface area contributed by atoms with Gasteiger partial charge in [-0.15, -0.1) is 0 Å². The molecule has 2 N–H and O–H groups in total. The van der Waals surface area contributed by atoms with E-state index in [4.69, 9.17) is 15.3 Å². The molecule has 0 saturated heterocycles.